The predicted octanol–water partition coefficient (Wildman–Crippen LogP) is 2.75. The minimum atomic E-state index is -0.698. The summed E-state index contributed by atoms with van der Waals surface area (Å²) in [4.78, 5) is 50.7. The van der Waals surface area contributed by atoms with Crippen molar-refractivity contribution in [1.29, 1.82) is 0 Å². The summed E-state index contributed by atoms with van der Waals surface area (Å²) in [6.45, 7) is 0. The van der Waals surface area contributed by atoms with Crippen molar-refractivity contribution in [3.05, 3.63) is 46.8 Å². The van der Waals surface area contributed by atoms with E-state index in [0.29, 0.717) is 10.5 Å². The summed E-state index contributed by atoms with van der Waals surface area (Å²) in [5.41, 5.74) is 0.500. The number of carbonyl (C=O) groups is 4. The molecule has 1 aliphatic rings. The monoisotopic (exact) mass is 405 g/mol. The Morgan fingerprint density at radius 2 is 1.74 bits per heavy atom. The van der Waals surface area contributed by atoms with Gasteiger partial charge in [-0.05, 0) is 23.6 Å². The van der Waals surface area contributed by atoms with Crippen LogP contribution in [0.4, 0.5) is 5.00 Å². The molecule has 1 aromatic carbocycles. The van der Waals surface area contributed by atoms with E-state index in [1.807, 2.05) is 0 Å². The van der Waals surface area contributed by atoms with Gasteiger partial charge in [0, 0.05) is 11.3 Å². The van der Waals surface area contributed by atoms with Crippen LogP contribution in [0.15, 0.2) is 40.6 Å². The summed E-state index contributed by atoms with van der Waals surface area (Å²) in [6, 6.07) is 8.24. The molecule has 7 nitrogen and oxygen atoms in total. The third kappa shape index (κ3) is 3.60. The lowest BCUT2D eigenvalue weighted by molar-refractivity contribution is -0.121. The van der Waals surface area contributed by atoms with Gasteiger partial charge >= 0.3 is 11.9 Å². The van der Waals surface area contributed by atoms with Crippen LogP contribution in [0.3, 0.4) is 0 Å². The maximum Gasteiger partial charge on any atom is 0.340 e. The molecule has 2 amide bonds. The van der Waals surface area contributed by atoms with E-state index in [1.54, 1.807) is 29.6 Å². The van der Waals surface area contributed by atoms with Gasteiger partial charge in [0.2, 0.25) is 11.8 Å². The third-order valence-electron chi connectivity index (χ3n) is 3.92. The van der Waals surface area contributed by atoms with Gasteiger partial charge in [-0.2, -0.15) is 0 Å². The second-order valence-electron chi connectivity index (χ2n) is 5.50. The van der Waals surface area contributed by atoms with Crippen LogP contribution < -0.4 is 4.90 Å². The Bertz CT molecular complexity index is 922. The van der Waals surface area contributed by atoms with Crippen LogP contribution >= 0.6 is 23.1 Å². The topological polar surface area (TPSA) is 90.0 Å². The maximum atomic E-state index is 12.9. The largest absolute Gasteiger partial charge is 0.465 e. The number of hydrogen-bond donors (Lipinski definition) is 0. The summed E-state index contributed by atoms with van der Waals surface area (Å²) in [7, 11) is 2.51. The highest BCUT2D eigenvalue weighted by Gasteiger charge is 2.42. The fourth-order valence-electron chi connectivity index (χ4n) is 2.65. The molecule has 0 unspecified atom stereocenters. The number of anilines is 1. The van der Waals surface area contributed by atoms with E-state index < -0.39 is 29.0 Å². The number of thiophene rings is 1. The van der Waals surface area contributed by atoms with Gasteiger partial charge in [-0.1, -0.05) is 12.1 Å². The normalized spacial score (nSPS) is 16.5. The van der Waals surface area contributed by atoms with E-state index in [4.69, 9.17) is 9.47 Å². The predicted molar refractivity (Wildman–Crippen MR) is 100 cm³/mol. The Balaban J connectivity index is 1.87. The number of methoxy groups -OCH3 is 2. The molecule has 0 aliphatic carbocycles. The smallest absolute Gasteiger partial charge is 0.340 e. The van der Waals surface area contributed by atoms with Gasteiger partial charge in [0.25, 0.3) is 0 Å². The number of benzene rings is 1. The lowest BCUT2D eigenvalue weighted by atomic mass is 10.2. The van der Waals surface area contributed by atoms with Crippen LogP contribution in [0.25, 0.3) is 0 Å². The van der Waals surface area contributed by atoms with Gasteiger partial charge in [-0.15, -0.1) is 23.1 Å². The van der Waals surface area contributed by atoms with Crippen LogP contribution in [0.1, 0.15) is 27.1 Å². The van der Waals surface area contributed by atoms with Crippen molar-refractivity contribution >= 4 is 51.9 Å². The summed E-state index contributed by atoms with van der Waals surface area (Å²) in [6.07, 6.45) is -0.0302. The average Bonchev–Trinajstić information content (AvgIpc) is 3.25. The lowest BCUT2D eigenvalue weighted by Crippen LogP contribution is -2.31. The van der Waals surface area contributed by atoms with Gasteiger partial charge in [0.15, 0.2) is 0 Å². The molecule has 0 saturated carbocycles. The molecule has 1 aromatic heterocycles. The fourth-order valence-corrected chi connectivity index (χ4v) is 4.73. The van der Waals surface area contributed by atoms with E-state index >= 15 is 0 Å². The summed E-state index contributed by atoms with van der Waals surface area (Å²) >= 11 is 2.25. The Hall–Kier alpha value is -2.65. The van der Waals surface area contributed by atoms with Gasteiger partial charge < -0.3 is 9.47 Å². The van der Waals surface area contributed by atoms with Crippen LogP contribution in [-0.4, -0.2) is 43.2 Å². The molecule has 1 fully saturated rings. The van der Waals surface area contributed by atoms with E-state index in [9.17, 15) is 19.2 Å². The molecule has 2 heterocycles. The quantitative estimate of drug-likeness (QED) is 0.558. The van der Waals surface area contributed by atoms with Gasteiger partial charge in [0.1, 0.15) is 5.00 Å². The van der Waals surface area contributed by atoms with E-state index in [0.717, 1.165) is 28.0 Å². The Labute approximate surface area is 163 Å². The molecule has 1 saturated heterocycles. The number of imide groups is 1. The van der Waals surface area contributed by atoms with Crippen molar-refractivity contribution in [2.45, 2.75) is 16.6 Å². The number of hydrogen-bond acceptors (Lipinski definition) is 8. The summed E-state index contributed by atoms with van der Waals surface area (Å²) < 4.78 is 9.46. The second kappa shape index (κ2) is 7.93. The van der Waals surface area contributed by atoms with Crippen molar-refractivity contribution < 1.29 is 28.7 Å². The van der Waals surface area contributed by atoms with Crippen LogP contribution in [0.5, 0.6) is 0 Å². The van der Waals surface area contributed by atoms with E-state index in [-0.39, 0.29) is 17.0 Å². The molecule has 1 aliphatic heterocycles. The lowest BCUT2D eigenvalue weighted by Gasteiger charge is -2.15. The zero-order valence-corrected chi connectivity index (χ0v) is 16.1. The zero-order chi connectivity index (χ0) is 19.6. The van der Waals surface area contributed by atoms with Gasteiger partial charge in [-0.3, -0.25) is 9.59 Å². The van der Waals surface area contributed by atoms with Crippen LogP contribution in [0, 0.1) is 0 Å². The molecule has 0 spiro atoms. The molecule has 0 bridgehead atoms. The SMILES string of the molecule is COC(=O)c1ccccc1S[C@@H]1CC(=O)N(c2sccc2C(=O)OC)C1=O. The zero-order valence-electron chi connectivity index (χ0n) is 14.5. The number of nitrogens with zero attached hydrogens (tertiary/aromatic N) is 1. The average molecular weight is 405 g/mol. The third-order valence-corrected chi connectivity index (χ3v) is 6.08. The summed E-state index contributed by atoms with van der Waals surface area (Å²) in [5.74, 6) is -1.96. The first-order chi connectivity index (χ1) is 13.0. The maximum absolute atomic E-state index is 12.9. The first kappa shape index (κ1) is 19.1. The minimum absolute atomic E-state index is 0.0302. The second-order valence-corrected chi connectivity index (χ2v) is 7.64. The van der Waals surface area contributed by atoms with Crippen molar-refractivity contribution in [3.63, 3.8) is 0 Å². The van der Waals surface area contributed by atoms with Crippen LogP contribution in [0.2, 0.25) is 0 Å². The molecule has 2 aromatic rings. The number of amides is 2. The summed E-state index contributed by atoms with van der Waals surface area (Å²) in [5, 5.41) is 1.17. The first-order valence-electron chi connectivity index (χ1n) is 7.84. The number of ether oxygens (including phenoxy) is 2. The van der Waals surface area contributed by atoms with Crippen molar-refractivity contribution in [1.82, 2.24) is 0 Å². The van der Waals surface area contributed by atoms with Gasteiger partial charge in [0.05, 0.1) is 30.6 Å². The molecule has 3 rings (SSSR count). The molecule has 140 valence electrons. The Kier molecular flexibility index (Phi) is 5.62. The van der Waals surface area contributed by atoms with Crippen molar-refractivity contribution in [2.75, 3.05) is 19.1 Å². The number of carbonyl (C=O) groups excluding carboxylic acids is 4. The molecule has 27 heavy (non-hydrogen) atoms. The highest BCUT2D eigenvalue weighted by atomic mass is 32.2. The molecular formula is C18H15NO6S2. The fraction of sp³-hybridized carbons (Fsp3) is 0.222. The number of thioether (sulfide) groups is 1. The van der Waals surface area contributed by atoms with E-state index in [1.165, 1.54) is 20.3 Å². The van der Waals surface area contributed by atoms with Crippen molar-refractivity contribution in [3.8, 4) is 0 Å². The Morgan fingerprint density at radius 1 is 1.07 bits per heavy atom. The Morgan fingerprint density at radius 3 is 2.44 bits per heavy atom. The number of rotatable bonds is 5. The molecule has 9 heteroatoms. The molecule has 0 N–H and O–H groups in total. The highest BCUT2D eigenvalue weighted by Crippen LogP contribution is 2.38. The molecular weight excluding hydrogens is 390 g/mol. The van der Waals surface area contributed by atoms with Crippen molar-refractivity contribution in [2.24, 2.45) is 0 Å². The highest BCUT2D eigenvalue weighted by molar-refractivity contribution is 8.00. The molecule has 1 atom stereocenters. The number of esters is 2. The standard InChI is InChI=1S/C18H15NO6S2/c1-24-17(22)10-5-3-4-6-12(10)27-13-9-14(20)19(15(13)21)16-11(7-8-26-16)18(23)25-2/h3-8,13H,9H2,1-2H3/t13-/m1/s1. The first-order valence-corrected chi connectivity index (χ1v) is 9.60. The van der Waals surface area contributed by atoms with E-state index in [2.05, 4.69) is 0 Å². The van der Waals surface area contributed by atoms with Crippen LogP contribution in [-0.2, 0) is 19.1 Å². The van der Waals surface area contributed by atoms with Gasteiger partial charge in [-0.25, -0.2) is 14.5 Å². The minimum Gasteiger partial charge on any atom is -0.465 e. The molecule has 0 radical (unpaired) electrons.